The molecule has 4 nitrogen and oxygen atoms in total. The Hall–Kier alpha value is -1.71. The average Bonchev–Trinajstić information content (AvgIpc) is 2.44. The van der Waals surface area contributed by atoms with Crippen molar-refractivity contribution in [1.29, 1.82) is 0 Å². The number of hydrazone groups is 1. The molecule has 0 aliphatic carbocycles. The van der Waals surface area contributed by atoms with E-state index in [1.807, 2.05) is 6.08 Å². The molecule has 2 heterocycles. The molecule has 2 rings (SSSR count). The number of allylic oxidation sites excluding steroid dienone is 2. The molecule has 0 N–H and O–H groups in total. The minimum Gasteiger partial charge on any atom is -0.194 e. The minimum atomic E-state index is -0.131. The number of nitrogens with zero attached hydrogens (tertiary/aromatic N) is 3. The molecule has 60 valence electrons. The molecule has 2 aliphatic rings. The predicted molar refractivity (Wildman–Crippen MR) is 44.9 cm³/mol. The third kappa shape index (κ3) is 0.812. The van der Waals surface area contributed by atoms with Gasteiger partial charge in [-0.2, -0.15) is 4.79 Å². The van der Waals surface area contributed by atoms with E-state index in [4.69, 9.17) is 0 Å². The predicted octanol–water partition coefficient (Wildman–Crippen LogP) is 0.922. The summed E-state index contributed by atoms with van der Waals surface area (Å²) in [6.45, 7) is 1.77. The topological polar surface area (TPSA) is 35.7 Å². The second-order valence-corrected chi connectivity index (χ2v) is 2.41. The summed E-state index contributed by atoms with van der Waals surface area (Å²) in [6.07, 6.45) is 8.78. The van der Waals surface area contributed by atoms with Gasteiger partial charge >= 0.3 is 6.03 Å². The van der Waals surface area contributed by atoms with Crippen molar-refractivity contribution in [2.75, 3.05) is 0 Å². The van der Waals surface area contributed by atoms with Crippen LogP contribution < -0.4 is 0 Å². The number of amides is 2. The zero-order chi connectivity index (χ0) is 8.55. The monoisotopic (exact) mass is 162 g/mol. The van der Waals surface area contributed by atoms with Gasteiger partial charge in [-0.15, -0.1) is 4.90 Å². The van der Waals surface area contributed by atoms with Crippen molar-refractivity contribution in [3.8, 4) is 0 Å². The number of hydrogen-bond acceptors (Lipinski definition) is 2. The molecule has 2 amide bonds. The number of hydrogen-bond donors (Lipinski definition) is 0. The highest BCUT2D eigenvalue weighted by atomic mass is 16.2. The Morgan fingerprint density at radius 1 is 1.58 bits per heavy atom. The summed E-state index contributed by atoms with van der Waals surface area (Å²) < 4.78 is 1.31. The van der Waals surface area contributed by atoms with Crippen LogP contribution in [0.15, 0.2) is 29.5 Å². The zero-order valence-electron chi connectivity index (χ0n) is 6.64. The number of urea groups is 1. The van der Waals surface area contributed by atoms with Gasteiger partial charge < -0.3 is 0 Å². The molecule has 0 aromatic rings. The standard InChI is InChI=1S/C8H8N3O/c1-2-11-8(12)10-6-4-3-5-7(10)9-11/h2-6H,1H3/q+1. The zero-order valence-corrected chi connectivity index (χ0v) is 6.64. The quantitative estimate of drug-likeness (QED) is 0.488. The summed E-state index contributed by atoms with van der Waals surface area (Å²) in [5.41, 5.74) is 0. The van der Waals surface area contributed by atoms with Crippen molar-refractivity contribution < 1.29 is 9.48 Å². The maximum atomic E-state index is 11.4. The summed E-state index contributed by atoms with van der Waals surface area (Å²) in [6, 6.07) is -0.131. The Kier molecular flexibility index (Phi) is 1.40. The Labute approximate surface area is 69.8 Å². The van der Waals surface area contributed by atoms with Gasteiger partial charge in [0.1, 0.15) is 6.20 Å². The molecular formula is C8H8N3O+. The first-order valence-electron chi connectivity index (χ1n) is 3.68. The molecule has 0 spiro atoms. The van der Waals surface area contributed by atoms with Crippen molar-refractivity contribution in [3.05, 3.63) is 24.4 Å². The number of carbonyl (C=O) groups is 1. The third-order valence-corrected chi connectivity index (χ3v) is 1.70. The van der Waals surface area contributed by atoms with Crippen LogP contribution >= 0.6 is 0 Å². The minimum absolute atomic E-state index is 0.131. The van der Waals surface area contributed by atoms with Crippen LogP contribution in [-0.4, -0.2) is 27.7 Å². The molecule has 0 saturated heterocycles. The maximum Gasteiger partial charge on any atom is 0.529 e. The first-order valence-corrected chi connectivity index (χ1v) is 3.68. The van der Waals surface area contributed by atoms with Crippen molar-refractivity contribution in [1.82, 2.24) is 4.90 Å². The van der Waals surface area contributed by atoms with Crippen molar-refractivity contribution in [3.63, 3.8) is 0 Å². The van der Waals surface area contributed by atoms with Gasteiger partial charge in [-0.25, -0.2) is 0 Å². The number of fused-ring (bicyclic) bond motifs is 1. The maximum absolute atomic E-state index is 11.4. The molecule has 4 heteroatoms. The van der Waals surface area contributed by atoms with Gasteiger partial charge in [0.05, 0.1) is 6.21 Å². The fraction of sp³-hybridized carbons (Fsp3) is 0.125. The first kappa shape index (κ1) is 6.97. The van der Waals surface area contributed by atoms with E-state index in [-0.39, 0.29) is 6.03 Å². The Balaban J connectivity index is 2.45. The lowest BCUT2D eigenvalue weighted by Crippen LogP contribution is -2.28. The highest BCUT2D eigenvalue weighted by Crippen LogP contribution is 2.11. The Morgan fingerprint density at radius 2 is 2.42 bits per heavy atom. The largest absolute Gasteiger partial charge is 0.529 e. The van der Waals surface area contributed by atoms with E-state index in [0.29, 0.717) is 5.84 Å². The Bertz CT molecular complexity index is 349. The second kappa shape index (κ2) is 2.41. The molecule has 0 unspecified atom stereocenters. The van der Waals surface area contributed by atoms with Gasteiger partial charge in [-0.1, -0.05) is 10.8 Å². The summed E-state index contributed by atoms with van der Waals surface area (Å²) in [4.78, 5) is 12.9. The summed E-state index contributed by atoms with van der Waals surface area (Å²) >= 11 is 0. The molecule has 12 heavy (non-hydrogen) atoms. The summed E-state index contributed by atoms with van der Waals surface area (Å²) in [7, 11) is 0. The second-order valence-electron chi connectivity index (χ2n) is 2.41. The highest BCUT2D eigenvalue weighted by molar-refractivity contribution is 6.06. The van der Waals surface area contributed by atoms with Crippen LogP contribution in [-0.2, 0) is 0 Å². The van der Waals surface area contributed by atoms with Gasteiger partial charge in [0.2, 0.25) is 0 Å². The average molecular weight is 162 g/mol. The molecule has 0 bridgehead atoms. The number of carbonyl (C=O) groups excluding carboxylic acids is 1. The first-order chi connectivity index (χ1) is 5.83. The smallest absolute Gasteiger partial charge is 0.194 e. The molecule has 0 fully saturated rings. The summed E-state index contributed by atoms with van der Waals surface area (Å²) in [5.74, 6) is 0.667. The fourth-order valence-electron chi connectivity index (χ4n) is 1.11. The van der Waals surface area contributed by atoms with E-state index in [2.05, 4.69) is 5.10 Å². The molecular weight excluding hydrogens is 154 g/mol. The van der Waals surface area contributed by atoms with Crippen LogP contribution in [0.25, 0.3) is 0 Å². The van der Waals surface area contributed by atoms with Crippen LogP contribution in [0.2, 0.25) is 0 Å². The molecule has 0 radical (unpaired) electrons. The molecule has 2 aliphatic heterocycles. The van der Waals surface area contributed by atoms with Crippen molar-refractivity contribution in [2.24, 2.45) is 5.10 Å². The van der Waals surface area contributed by atoms with E-state index in [1.165, 1.54) is 9.58 Å². The van der Waals surface area contributed by atoms with Crippen LogP contribution in [0, 0.1) is 0 Å². The van der Waals surface area contributed by atoms with E-state index < -0.39 is 0 Å². The van der Waals surface area contributed by atoms with Gasteiger partial charge in [0.15, 0.2) is 0 Å². The highest BCUT2D eigenvalue weighted by Gasteiger charge is 2.37. The van der Waals surface area contributed by atoms with Crippen LogP contribution in [0.3, 0.4) is 0 Å². The van der Waals surface area contributed by atoms with Crippen molar-refractivity contribution >= 4 is 18.1 Å². The van der Waals surface area contributed by atoms with Gasteiger partial charge in [0.25, 0.3) is 5.84 Å². The van der Waals surface area contributed by atoms with Crippen LogP contribution in [0.1, 0.15) is 6.92 Å². The lowest BCUT2D eigenvalue weighted by molar-refractivity contribution is -0.423. The van der Waals surface area contributed by atoms with Crippen LogP contribution in [0.5, 0.6) is 0 Å². The van der Waals surface area contributed by atoms with E-state index >= 15 is 0 Å². The van der Waals surface area contributed by atoms with Crippen LogP contribution in [0.4, 0.5) is 4.79 Å². The number of rotatable bonds is 0. The normalized spacial score (nSPS) is 23.4. The summed E-state index contributed by atoms with van der Waals surface area (Å²) in [5, 5.41) is 4.04. The fourth-order valence-corrected chi connectivity index (χ4v) is 1.11. The lowest BCUT2D eigenvalue weighted by atomic mass is 10.3. The lowest BCUT2D eigenvalue weighted by Gasteiger charge is -2.00. The molecule has 0 saturated carbocycles. The molecule has 0 aromatic carbocycles. The van der Waals surface area contributed by atoms with E-state index in [1.54, 1.807) is 31.5 Å². The Morgan fingerprint density at radius 3 is 3.08 bits per heavy atom. The third-order valence-electron chi connectivity index (χ3n) is 1.70. The van der Waals surface area contributed by atoms with E-state index in [9.17, 15) is 4.79 Å². The van der Waals surface area contributed by atoms with Crippen molar-refractivity contribution in [2.45, 2.75) is 6.92 Å². The number of amidine groups is 1. The van der Waals surface area contributed by atoms with E-state index in [0.717, 1.165) is 0 Å². The molecule has 0 atom stereocenters. The van der Waals surface area contributed by atoms with Gasteiger partial charge in [-0.05, 0) is 18.1 Å². The van der Waals surface area contributed by atoms with Gasteiger partial charge in [0, 0.05) is 6.08 Å². The molecule has 0 aromatic heterocycles. The van der Waals surface area contributed by atoms with Gasteiger partial charge in [-0.3, -0.25) is 0 Å². The SMILES string of the molecule is CC=[N+]1N=C2C=CC=CN2C1=O.